The van der Waals surface area contributed by atoms with E-state index < -0.39 is 0 Å². The quantitative estimate of drug-likeness (QED) is 0.718. The minimum Gasteiger partial charge on any atom is -0.492 e. The van der Waals surface area contributed by atoms with E-state index in [1.54, 1.807) is 0 Å². The van der Waals surface area contributed by atoms with E-state index >= 15 is 0 Å². The molecule has 0 saturated heterocycles. The monoisotopic (exact) mass is 344 g/mol. The second kappa shape index (κ2) is 9.58. The first-order chi connectivity index (χ1) is 12.1. The molecule has 0 unspecified atom stereocenters. The molecule has 134 valence electrons. The van der Waals surface area contributed by atoms with Crippen LogP contribution in [0.4, 0.5) is 0 Å². The SMILES string of the molecule is CCN(CC)CCOc1ccccc1CNC(=O)c1ccc(=O)[nH]n1. The van der Waals surface area contributed by atoms with Crippen LogP contribution in [0.3, 0.4) is 0 Å². The Hall–Kier alpha value is -2.67. The van der Waals surface area contributed by atoms with Crippen molar-refractivity contribution in [3.05, 3.63) is 58.0 Å². The summed E-state index contributed by atoms with van der Waals surface area (Å²) in [6.07, 6.45) is 0. The summed E-state index contributed by atoms with van der Waals surface area (Å²) < 4.78 is 5.87. The molecule has 7 heteroatoms. The molecule has 7 nitrogen and oxygen atoms in total. The third-order valence-electron chi connectivity index (χ3n) is 3.88. The van der Waals surface area contributed by atoms with Crippen LogP contribution in [-0.2, 0) is 6.54 Å². The van der Waals surface area contributed by atoms with E-state index in [-0.39, 0.29) is 17.2 Å². The van der Waals surface area contributed by atoms with Crippen LogP contribution < -0.4 is 15.6 Å². The Morgan fingerprint density at radius 2 is 1.96 bits per heavy atom. The number of rotatable bonds is 9. The van der Waals surface area contributed by atoms with Crippen LogP contribution in [0.5, 0.6) is 5.75 Å². The second-order valence-electron chi connectivity index (χ2n) is 5.47. The average molecular weight is 344 g/mol. The van der Waals surface area contributed by atoms with Crippen LogP contribution in [0.25, 0.3) is 0 Å². The first-order valence-electron chi connectivity index (χ1n) is 8.41. The summed E-state index contributed by atoms with van der Waals surface area (Å²) in [6.45, 7) is 7.99. The van der Waals surface area contributed by atoms with Gasteiger partial charge in [-0.3, -0.25) is 9.59 Å². The van der Waals surface area contributed by atoms with Crippen LogP contribution in [-0.4, -0.2) is 47.2 Å². The van der Waals surface area contributed by atoms with Gasteiger partial charge in [-0.05, 0) is 25.2 Å². The number of amides is 1. The van der Waals surface area contributed by atoms with Crippen molar-refractivity contribution in [1.82, 2.24) is 20.4 Å². The van der Waals surface area contributed by atoms with Crippen molar-refractivity contribution in [3.8, 4) is 5.75 Å². The molecular weight excluding hydrogens is 320 g/mol. The molecule has 0 fully saturated rings. The molecule has 1 heterocycles. The van der Waals surface area contributed by atoms with Gasteiger partial charge < -0.3 is 15.0 Å². The smallest absolute Gasteiger partial charge is 0.271 e. The molecule has 2 aromatic rings. The fourth-order valence-corrected chi connectivity index (χ4v) is 2.35. The minimum absolute atomic E-state index is 0.166. The van der Waals surface area contributed by atoms with E-state index in [1.165, 1.54) is 12.1 Å². The number of ether oxygens (including phenoxy) is 1. The van der Waals surface area contributed by atoms with Gasteiger partial charge in [0, 0.05) is 24.7 Å². The fraction of sp³-hybridized carbons (Fsp3) is 0.389. The highest BCUT2D eigenvalue weighted by Gasteiger charge is 2.09. The highest BCUT2D eigenvalue weighted by molar-refractivity contribution is 5.91. The molecule has 0 aliphatic heterocycles. The molecule has 1 amide bonds. The van der Waals surface area contributed by atoms with Crippen molar-refractivity contribution in [1.29, 1.82) is 0 Å². The zero-order chi connectivity index (χ0) is 18.1. The highest BCUT2D eigenvalue weighted by atomic mass is 16.5. The van der Waals surface area contributed by atoms with Gasteiger partial charge in [-0.2, -0.15) is 5.10 Å². The fourth-order valence-electron chi connectivity index (χ4n) is 2.35. The number of nitrogens with zero attached hydrogens (tertiary/aromatic N) is 2. The van der Waals surface area contributed by atoms with Gasteiger partial charge in [-0.1, -0.05) is 32.0 Å². The van der Waals surface area contributed by atoms with Crippen molar-refractivity contribution < 1.29 is 9.53 Å². The number of carbonyl (C=O) groups excluding carboxylic acids is 1. The number of H-pyrrole nitrogens is 1. The van der Waals surface area contributed by atoms with Gasteiger partial charge in [-0.15, -0.1) is 0 Å². The lowest BCUT2D eigenvalue weighted by molar-refractivity contribution is 0.0944. The highest BCUT2D eigenvalue weighted by Crippen LogP contribution is 2.17. The van der Waals surface area contributed by atoms with Crippen molar-refractivity contribution >= 4 is 5.91 Å². The van der Waals surface area contributed by atoms with Gasteiger partial charge in [0.2, 0.25) is 0 Å². The Morgan fingerprint density at radius 1 is 1.20 bits per heavy atom. The molecule has 1 aromatic heterocycles. The van der Waals surface area contributed by atoms with E-state index in [1.807, 2.05) is 24.3 Å². The average Bonchev–Trinajstić information content (AvgIpc) is 2.64. The van der Waals surface area contributed by atoms with E-state index in [0.29, 0.717) is 13.2 Å². The zero-order valence-electron chi connectivity index (χ0n) is 14.6. The molecule has 25 heavy (non-hydrogen) atoms. The standard InChI is InChI=1S/C18H24N4O3/c1-3-22(4-2)11-12-25-16-8-6-5-7-14(16)13-19-18(24)15-9-10-17(23)21-20-15/h5-10H,3-4,11-13H2,1-2H3,(H,19,24)(H,21,23). The molecule has 2 N–H and O–H groups in total. The Bertz CT molecular complexity index is 721. The topological polar surface area (TPSA) is 87.3 Å². The molecular formula is C18H24N4O3. The number of nitrogens with one attached hydrogen (secondary N) is 2. The Balaban J connectivity index is 1.92. The van der Waals surface area contributed by atoms with E-state index in [4.69, 9.17) is 4.74 Å². The number of aromatic nitrogens is 2. The number of para-hydroxylation sites is 1. The third-order valence-corrected chi connectivity index (χ3v) is 3.88. The number of hydrogen-bond donors (Lipinski definition) is 2. The maximum absolute atomic E-state index is 12.1. The van der Waals surface area contributed by atoms with Crippen LogP contribution >= 0.6 is 0 Å². The van der Waals surface area contributed by atoms with E-state index in [0.717, 1.165) is 30.9 Å². The van der Waals surface area contributed by atoms with Crippen molar-refractivity contribution in [2.45, 2.75) is 20.4 Å². The predicted molar refractivity (Wildman–Crippen MR) is 95.8 cm³/mol. The van der Waals surface area contributed by atoms with Gasteiger partial charge in [0.1, 0.15) is 18.1 Å². The molecule has 0 bridgehead atoms. The first-order valence-corrected chi connectivity index (χ1v) is 8.41. The summed E-state index contributed by atoms with van der Waals surface area (Å²) in [5.74, 6) is 0.401. The van der Waals surface area contributed by atoms with Crippen LogP contribution in [0.2, 0.25) is 0 Å². The molecule has 0 radical (unpaired) electrons. The summed E-state index contributed by atoms with van der Waals surface area (Å²) in [5.41, 5.74) is 0.711. The molecule has 0 saturated carbocycles. The largest absolute Gasteiger partial charge is 0.492 e. The van der Waals surface area contributed by atoms with E-state index in [2.05, 4.69) is 34.3 Å². The number of benzene rings is 1. The van der Waals surface area contributed by atoms with Crippen molar-refractivity contribution in [3.63, 3.8) is 0 Å². The Morgan fingerprint density at radius 3 is 2.64 bits per heavy atom. The lowest BCUT2D eigenvalue weighted by Crippen LogP contribution is -2.28. The van der Waals surface area contributed by atoms with Gasteiger partial charge in [0.15, 0.2) is 0 Å². The molecule has 2 rings (SSSR count). The maximum Gasteiger partial charge on any atom is 0.271 e. The van der Waals surface area contributed by atoms with Crippen LogP contribution in [0.1, 0.15) is 29.9 Å². The van der Waals surface area contributed by atoms with Crippen molar-refractivity contribution in [2.75, 3.05) is 26.2 Å². The third kappa shape index (κ3) is 5.72. The first kappa shape index (κ1) is 18.7. The van der Waals surface area contributed by atoms with Crippen LogP contribution in [0.15, 0.2) is 41.2 Å². The number of aromatic amines is 1. The van der Waals surface area contributed by atoms with Crippen molar-refractivity contribution in [2.24, 2.45) is 0 Å². The Kier molecular flexibility index (Phi) is 7.16. The molecule has 0 spiro atoms. The molecule has 1 aromatic carbocycles. The molecule has 0 aliphatic carbocycles. The molecule has 0 atom stereocenters. The summed E-state index contributed by atoms with van der Waals surface area (Å²) >= 11 is 0. The van der Waals surface area contributed by atoms with Crippen LogP contribution in [0, 0.1) is 0 Å². The number of carbonyl (C=O) groups is 1. The second-order valence-corrected chi connectivity index (χ2v) is 5.47. The number of hydrogen-bond acceptors (Lipinski definition) is 5. The van der Waals surface area contributed by atoms with E-state index in [9.17, 15) is 9.59 Å². The number of likely N-dealkylation sites (N-methyl/N-ethyl adjacent to an activating group) is 1. The predicted octanol–water partition coefficient (Wildman–Crippen LogP) is 1.42. The van der Waals surface area contributed by atoms with Gasteiger partial charge in [0.05, 0.1) is 0 Å². The maximum atomic E-state index is 12.1. The summed E-state index contributed by atoms with van der Waals surface area (Å²) in [5, 5.41) is 8.74. The lowest BCUT2D eigenvalue weighted by atomic mass is 10.2. The lowest BCUT2D eigenvalue weighted by Gasteiger charge is -2.19. The zero-order valence-corrected chi connectivity index (χ0v) is 14.6. The Labute approximate surface area is 147 Å². The summed E-state index contributed by atoms with van der Waals surface area (Å²) in [7, 11) is 0. The van der Waals surface area contributed by atoms with Gasteiger partial charge >= 0.3 is 0 Å². The van der Waals surface area contributed by atoms with Gasteiger partial charge in [-0.25, -0.2) is 5.10 Å². The molecule has 0 aliphatic rings. The normalized spacial score (nSPS) is 10.7. The summed E-state index contributed by atoms with van der Waals surface area (Å²) in [4.78, 5) is 25.4. The van der Waals surface area contributed by atoms with Gasteiger partial charge in [0.25, 0.3) is 11.5 Å². The minimum atomic E-state index is -0.353. The summed E-state index contributed by atoms with van der Waals surface area (Å²) in [6, 6.07) is 10.3.